The molecule has 0 aliphatic rings. The number of nitriles is 1. The molecule has 0 heterocycles. The van der Waals surface area contributed by atoms with Crippen molar-refractivity contribution in [3.05, 3.63) is 65.7 Å². The van der Waals surface area contributed by atoms with E-state index < -0.39 is 17.8 Å². The van der Waals surface area contributed by atoms with Gasteiger partial charge in [0, 0.05) is 0 Å². The molecule has 0 fully saturated rings. The number of benzene rings is 2. The van der Waals surface area contributed by atoms with Crippen molar-refractivity contribution < 1.29 is 19.4 Å². The maximum Gasteiger partial charge on any atom is 0.355 e. The fraction of sp³-hybridized carbons (Fsp3) is 0.111. The monoisotopic (exact) mass is 337 g/mol. The van der Waals surface area contributed by atoms with Crippen molar-refractivity contribution in [2.24, 2.45) is 5.10 Å². The second-order valence-corrected chi connectivity index (χ2v) is 4.92. The fourth-order valence-corrected chi connectivity index (χ4v) is 2.11. The third kappa shape index (κ3) is 4.20. The predicted molar refractivity (Wildman–Crippen MR) is 89.8 cm³/mol. The van der Waals surface area contributed by atoms with Crippen molar-refractivity contribution in [3.8, 4) is 11.8 Å². The Morgan fingerprint density at radius 1 is 1.16 bits per heavy atom. The van der Waals surface area contributed by atoms with E-state index in [0.29, 0.717) is 5.56 Å². The maximum atomic E-state index is 12.1. The first-order valence-corrected chi connectivity index (χ1v) is 7.27. The number of ether oxygens (including phenoxy) is 1. The number of aromatic hydroxyl groups is 1. The normalized spacial score (nSPS) is 11.9. The first kappa shape index (κ1) is 17.7. The average molecular weight is 337 g/mol. The highest BCUT2D eigenvalue weighted by Crippen LogP contribution is 2.18. The Hall–Kier alpha value is -3.66. The van der Waals surface area contributed by atoms with Crippen LogP contribution in [0.2, 0.25) is 0 Å². The van der Waals surface area contributed by atoms with Gasteiger partial charge >= 0.3 is 5.97 Å². The lowest BCUT2D eigenvalue weighted by Crippen LogP contribution is -2.28. The highest BCUT2D eigenvalue weighted by Gasteiger charge is 2.26. The van der Waals surface area contributed by atoms with Crippen molar-refractivity contribution in [3.63, 3.8) is 0 Å². The van der Waals surface area contributed by atoms with Gasteiger partial charge in [0.15, 0.2) is 5.71 Å². The van der Waals surface area contributed by atoms with Gasteiger partial charge in [0.2, 0.25) is 0 Å². The van der Waals surface area contributed by atoms with Crippen molar-refractivity contribution in [1.82, 2.24) is 5.43 Å². The van der Waals surface area contributed by atoms with E-state index in [1.54, 1.807) is 42.5 Å². The standard InChI is InChI=1S/C18H15N3O4/c1-25-18(24)16(14(11-19)12-7-3-2-4-8-12)20-21-17(23)13-9-5-6-10-15(13)22/h2-10,14,22H,1H3,(H,21,23). The van der Waals surface area contributed by atoms with Crippen LogP contribution in [-0.4, -0.2) is 29.8 Å². The molecule has 0 aliphatic heterocycles. The molecule has 1 atom stereocenters. The van der Waals surface area contributed by atoms with Crippen LogP contribution in [0, 0.1) is 11.3 Å². The van der Waals surface area contributed by atoms with Crippen LogP contribution >= 0.6 is 0 Å². The molecule has 0 spiro atoms. The van der Waals surface area contributed by atoms with Crippen LogP contribution < -0.4 is 5.43 Å². The number of hydrazone groups is 1. The molecular weight excluding hydrogens is 322 g/mol. The summed E-state index contributed by atoms with van der Waals surface area (Å²) in [6.07, 6.45) is 0. The van der Waals surface area contributed by atoms with E-state index in [1.165, 1.54) is 12.1 Å². The first-order chi connectivity index (χ1) is 12.1. The zero-order chi connectivity index (χ0) is 18.2. The number of carbonyl (C=O) groups excluding carboxylic acids is 2. The van der Waals surface area contributed by atoms with Crippen LogP contribution in [0.5, 0.6) is 5.75 Å². The Labute approximate surface area is 144 Å². The van der Waals surface area contributed by atoms with Gasteiger partial charge in [-0.2, -0.15) is 10.4 Å². The van der Waals surface area contributed by atoms with Gasteiger partial charge in [0.05, 0.1) is 18.7 Å². The number of phenols is 1. The van der Waals surface area contributed by atoms with Crippen molar-refractivity contribution in [2.45, 2.75) is 5.92 Å². The molecule has 1 amide bonds. The van der Waals surface area contributed by atoms with E-state index in [1.807, 2.05) is 6.07 Å². The molecule has 126 valence electrons. The topological polar surface area (TPSA) is 112 Å². The number of rotatable bonds is 5. The smallest absolute Gasteiger partial charge is 0.355 e. The molecular formula is C18H15N3O4. The SMILES string of the molecule is COC(=O)C(=NNC(=O)c1ccccc1O)C(C#N)c1ccccc1. The van der Waals surface area contributed by atoms with Gasteiger partial charge in [0.25, 0.3) is 5.91 Å². The third-order valence-corrected chi connectivity index (χ3v) is 3.36. The second kappa shape index (κ2) is 8.26. The minimum absolute atomic E-state index is 0.0105. The molecule has 2 N–H and O–H groups in total. The number of methoxy groups -OCH3 is 1. The Kier molecular flexibility index (Phi) is 5.85. The van der Waals surface area contributed by atoms with Gasteiger partial charge < -0.3 is 9.84 Å². The summed E-state index contributed by atoms with van der Waals surface area (Å²) in [4.78, 5) is 24.1. The second-order valence-electron chi connectivity index (χ2n) is 4.92. The summed E-state index contributed by atoms with van der Waals surface area (Å²) in [5.74, 6) is -2.80. The van der Waals surface area contributed by atoms with E-state index in [2.05, 4.69) is 15.3 Å². The molecule has 2 aromatic carbocycles. The quantitative estimate of drug-likeness (QED) is 0.492. The predicted octanol–water partition coefficient (Wildman–Crippen LogP) is 1.96. The molecule has 1 unspecified atom stereocenters. The van der Waals surface area contributed by atoms with Crippen LogP contribution in [0.4, 0.5) is 0 Å². The zero-order valence-corrected chi connectivity index (χ0v) is 13.3. The summed E-state index contributed by atoms with van der Waals surface area (Å²) in [7, 11) is 1.15. The molecule has 2 aromatic rings. The lowest BCUT2D eigenvalue weighted by Gasteiger charge is -2.11. The third-order valence-electron chi connectivity index (χ3n) is 3.36. The Balaban J connectivity index is 2.33. The van der Waals surface area contributed by atoms with Gasteiger partial charge in [-0.05, 0) is 17.7 Å². The molecule has 0 bridgehead atoms. The minimum Gasteiger partial charge on any atom is -0.507 e. The summed E-state index contributed by atoms with van der Waals surface area (Å²) in [6, 6.07) is 16.4. The zero-order valence-electron chi connectivity index (χ0n) is 13.3. The Morgan fingerprint density at radius 3 is 2.40 bits per heavy atom. The molecule has 0 aliphatic carbocycles. The van der Waals surface area contributed by atoms with Crippen LogP contribution in [0.3, 0.4) is 0 Å². The molecule has 0 radical (unpaired) electrons. The number of carbonyl (C=O) groups is 2. The number of hydrogen-bond donors (Lipinski definition) is 2. The molecule has 7 heteroatoms. The number of phenolic OH excluding ortho intramolecular Hbond substituents is 1. The molecule has 0 saturated heterocycles. The summed E-state index contributed by atoms with van der Waals surface area (Å²) in [6.45, 7) is 0. The fourth-order valence-electron chi connectivity index (χ4n) is 2.11. The number of para-hydroxylation sites is 1. The number of nitrogens with zero attached hydrogens (tertiary/aromatic N) is 2. The first-order valence-electron chi connectivity index (χ1n) is 7.27. The van der Waals surface area contributed by atoms with Gasteiger partial charge in [-0.3, -0.25) is 4.79 Å². The van der Waals surface area contributed by atoms with Gasteiger partial charge in [-0.25, -0.2) is 10.2 Å². The van der Waals surface area contributed by atoms with E-state index in [0.717, 1.165) is 7.11 Å². The molecule has 25 heavy (non-hydrogen) atoms. The number of esters is 1. The lowest BCUT2D eigenvalue weighted by molar-refractivity contribution is -0.132. The largest absolute Gasteiger partial charge is 0.507 e. The Bertz CT molecular complexity index is 841. The maximum absolute atomic E-state index is 12.1. The van der Waals surface area contributed by atoms with E-state index >= 15 is 0 Å². The highest BCUT2D eigenvalue weighted by molar-refractivity contribution is 6.39. The van der Waals surface area contributed by atoms with E-state index in [-0.39, 0.29) is 17.0 Å². The molecule has 2 rings (SSSR count). The summed E-state index contributed by atoms with van der Waals surface area (Å²) in [5, 5.41) is 22.9. The van der Waals surface area contributed by atoms with Crippen LogP contribution in [-0.2, 0) is 9.53 Å². The van der Waals surface area contributed by atoms with Gasteiger partial charge in [-0.1, -0.05) is 42.5 Å². The van der Waals surface area contributed by atoms with Gasteiger partial charge in [0.1, 0.15) is 11.7 Å². The van der Waals surface area contributed by atoms with E-state index in [4.69, 9.17) is 0 Å². The minimum atomic E-state index is -1.02. The average Bonchev–Trinajstić information content (AvgIpc) is 2.65. The molecule has 0 aromatic heterocycles. The van der Waals surface area contributed by atoms with Crippen molar-refractivity contribution in [1.29, 1.82) is 5.26 Å². The summed E-state index contributed by atoms with van der Waals surface area (Å²) < 4.78 is 4.66. The van der Waals surface area contributed by atoms with Crippen LogP contribution in [0.15, 0.2) is 59.7 Å². The summed E-state index contributed by atoms with van der Waals surface area (Å²) >= 11 is 0. The van der Waals surface area contributed by atoms with E-state index in [9.17, 15) is 20.0 Å². The lowest BCUT2D eigenvalue weighted by atomic mass is 9.95. The highest BCUT2D eigenvalue weighted by atomic mass is 16.5. The van der Waals surface area contributed by atoms with Crippen molar-refractivity contribution in [2.75, 3.05) is 7.11 Å². The number of amides is 1. The van der Waals surface area contributed by atoms with Crippen molar-refractivity contribution >= 4 is 17.6 Å². The van der Waals surface area contributed by atoms with Crippen LogP contribution in [0.1, 0.15) is 21.8 Å². The molecule has 7 nitrogen and oxygen atoms in total. The van der Waals surface area contributed by atoms with Crippen LogP contribution in [0.25, 0.3) is 0 Å². The van der Waals surface area contributed by atoms with Gasteiger partial charge in [-0.15, -0.1) is 0 Å². The number of nitrogens with one attached hydrogen (secondary N) is 1. The molecule has 0 saturated carbocycles. The number of hydrogen-bond acceptors (Lipinski definition) is 6. The Morgan fingerprint density at radius 2 is 1.80 bits per heavy atom. The summed E-state index contributed by atoms with van der Waals surface area (Å²) in [5.41, 5.74) is 2.44.